The van der Waals surface area contributed by atoms with E-state index < -0.39 is 0 Å². The van der Waals surface area contributed by atoms with Crippen molar-refractivity contribution < 1.29 is 9.32 Å². The molecule has 0 atom stereocenters. The number of rotatable bonds is 5. The minimum Gasteiger partial charge on any atom is -0.337 e. The molecule has 5 rings (SSSR count). The van der Waals surface area contributed by atoms with Gasteiger partial charge in [0.2, 0.25) is 0 Å². The molecule has 8 heteroatoms. The summed E-state index contributed by atoms with van der Waals surface area (Å²) >= 11 is 0. The number of hydrogen-bond acceptors (Lipinski definition) is 6. The van der Waals surface area contributed by atoms with Gasteiger partial charge in [0.25, 0.3) is 11.8 Å². The van der Waals surface area contributed by atoms with E-state index in [9.17, 15) is 4.79 Å². The highest BCUT2D eigenvalue weighted by atomic mass is 16.5. The van der Waals surface area contributed by atoms with Gasteiger partial charge in [0.1, 0.15) is 5.69 Å². The van der Waals surface area contributed by atoms with Crippen molar-refractivity contribution in [3.8, 4) is 11.5 Å². The Kier molecular flexibility index (Phi) is 4.41. The normalized spacial score (nSPS) is 18.7. The maximum atomic E-state index is 12.9. The van der Waals surface area contributed by atoms with Gasteiger partial charge in [-0.1, -0.05) is 18.0 Å². The Balaban J connectivity index is 1.37. The van der Waals surface area contributed by atoms with E-state index in [0.717, 1.165) is 36.6 Å². The summed E-state index contributed by atoms with van der Waals surface area (Å²) in [6.45, 7) is 1.38. The molecule has 8 nitrogen and oxygen atoms in total. The lowest BCUT2D eigenvalue weighted by molar-refractivity contribution is 0.0636. The molecule has 2 fully saturated rings. The van der Waals surface area contributed by atoms with Gasteiger partial charge < -0.3 is 14.0 Å². The molecular weight excluding hydrogens is 368 g/mol. The van der Waals surface area contributed by atoms with Crippen LogP contribution in [0.4, 0.5) is 0 Å². The van der Waals surface area contributed by atoms with Crippen LogP contribution in [0.5, 0.6) is 0 Å². The van der Waals surface area contributed by atoms with Gasteiger partial charge in [-0.05, 0) is 37.3 Å². The Morgan fingerprint density at radius 1 is 1.24 bits per heavy atom. The second-order valence-electron chi connectivity index (χ2n) is 8.27. The van der Waals surface area contributed by atoms with Gasteiger partial charge in [-0.3, -0.25) is 9.78 Å². The van der Waals surface area contributed by atoms with Crippen molar-refractivity contribution in [3.05, 3.63) is 48.6 Å². The van der Waals surface area contributed by atoms with Crippen molar-refractivity contribution in [2.75, 3.05) is 13.1 Å². The van der Waals surface area contributed by atoms with E-state index in [2.05, 4.69) is 15.1 Å². The Morgan fingerprint density at radius 3 is 2.72 bits per heavy atom. The molecular formula is C21H24N6O2. The van der Waals surface area contributed by atoms with Crippen molar-refractivity contribution in [2.24, 2.45) is 13.0 Å². The quantitative estimate of drug-likeness (QED) is 0.663. The monoisotopic (exact) mass is 392 g/mol. The molecule has 0 unspecified atom stereocenters. The average Bonchev–Trinajstić information content (AvgIpc) is 3.24. The van der Waals surface area contributed by atoms with Crippen LogP contribution >= 0.6 is 0 Å². The zero-order valence-corrected chi connectivity index (χ0v) is 16.5. The van der Waals surface area contributed by atoms with Crippen molar-refractivity contribution in [1.82, 2.24) is 29.6 Å². The van der Waals surface area contributed by atoms with Crippen LogP contribution in [0.2, 0.25) is 0 Å². The number of pyridine rings is 1. The molecule has 1 saturated heterocycles. The number of piperidine rings is 1. The van der Waals surface area contributed by atoms with Crippen LogP contribution in [-0.2, 0) is 12.5 Å². The maximum Gasteiger partial charge on any atom is 0.272 e. The molecule has 1 saturated carbocycles. The van der Waals surface area contributed by atoms with Gasteiger partial charge >= 0.3 is 0 Å². The molecule has 1 aliphatic heterocycles. The third-order valence-corrected chi connectivity index (χ3v) is 6.23. The zero-order chi connectivity index (χ0) is 19.8. The maximum absolute atomic E-state index is 12.9. The summed E-state index contributed by atoms with van der Waals surface area (Å²) in [4.78, 5) is 27.7. The van der Waals surface area contributed by atoms with Crippen molar-refractivity contribution in [2.45, 2.75) is 37.5 Å². The van der Waals surface area contributed by atoms with Gasteiger partial charge in [0, 0.05) is 37.9 Å². The van der Waals surface area contributed by atoms with Crippen molar-refractivity contribution in [1.29, 1.82) is 0 Å². The standard InChI is InChI=1S/C21H24N6O2/c1-26-14-23-13-17(26)19(28)27-9-6-21(7-10-27,11-15-4-5-15)20-24-18(29-25-20)16-3-2-8-22-12-16/h2-3,8,12-15H,4-7,9-11H2,1H3. The van der Waals surface area contributed by atoms with Gasteiger partial charge in [-0.15, -0.1) is 0 Å². The molecule has 2 aliphatic rings. The highest BCUT2D eigenvalue weighted by Crippen LogP contribution is 2.46. The fourth-order valence-electron chi connectivity index (χ4n) is 4.30. The summed E-state index contributed by atoms with van der Waals surface area (Å²) in [7, 11) is 1.85. The average molecular weight is 392 g/mol. The van der Waals surface area contributed by atoms with E-state index in [-0.39, 0.29) is 11.3 Å². The number of carbonyl (C=O) groups is 1. The molecule has 150 valence electrons. The first-order valence-corrected chi connectivity index (χ1v) is 10.1. The summed E-state index contributed by atoms with van der Waals surface area (Å²) in [5.41, 5.74) is 1.32. The summed E-state index contributed by atoms with van der Waals surface area (Å²) in [6.07, 6.45) is 12.1. The number of aryl methyl sites for hydroxylation is 1. The van der Waals surface area contributed by atoms with Gasteiger partial charge in [-0.25, -0.2) is 4.98 Å². The number of hydrogen-bond donors (Lipinski definition) is 0. The Labute approximate surface area is 169 Å². The van der Waals surface area contributed by atoms with E-state index >= 15 is 0 Å². The smallest absolute Gasteiger partial charge is 0.272 e. The third-order valence-electron chi connectivity index (χ3n) is 6.23. The second kappa shape index (κ2) is 7.09. The molecule has 4 heterocycles. The minimum absolute atomic E-state index is 0.0363. The van der Waals surface area contributed by atoms with Crippen molar-refractivity contribution in [3.63, 3.8) is 0 Å². The lowest BCUT2D eigenvalue weighted by Gasteiger charge is -2.40. The highest BCUT2D eigenvalue weighted by Gasteiger charge is 2.45. The van der Waals surface area contributed by atoms with Crippen LogP contribution in [0, 0.1) is 5.92 Å². The number of imidazole rings is 1. The molecule has 0 radical (unpaired) electrons. The summed E-state index contributed by atoms with van der Waals surface area (Å²) in [6, 6.07) is 3.79. The van der Waals surface area contributed by atoms with Crippen LogP contribution in [0.1, 0.15) is 48.4 Å². The molecule has 3 aromatic rings. The van der Waals surface area contributed by atoms with E-state index in [0.29, 0.717) is 24.7 Å². The van der Waals surface area contributed by atoms with E-state index in [1.54, 1.807) is 29.5 Å². The van der Waals surface area contributed by atoms with Crippen LogP contribution in [0.25, 0.3) is 11.5 Å². The second-order valence-corrected chi connectivity index (χ2v) is 8.27. The molecule has 29 heavy (non-hydrogen) atoms. The van der Waals surface area contributed by atoms with Crippen LogP contribution < -0.4 is 0 Å². The van der Waals surface area contributed by atoms with Gasteiger partial charge in [0.05, 0.1) is 18.1 Å². The van der Waals surface area contributed by atoms with Gasteiger partial charge in [0.15, 0.2) is 5.82 Å². The first-order chi connectivity index (χ1) is 14.1. The highest BCUT2D eigenvalue weighted by molar-refractivity contribution is 5.92. The molecule has 0 bridgehead atoms. The van der Waals surface area contributed by atoms with E-state index in [4.69, 9.17) is 9.51 Å². The van der Waals surface area contributed by atoms with Gasteiger partial charge in [-0.2, -0.15) is 4.98 Å². The molecule has 0 aromatic carbocycles. The molecule has 1 aliphatic carbocycles. The lowest BCUT2D eigenvalue weighted by atomic mass is 9.73. The summed E-state index contributed by atoms with van der Waals surface area (Å²) in [5.74, 6) is 2.05. The Hall–Kier alpha value is -3.03. The van der Waals surface area contributed by atoms with Crippen LogP contribution in [0.3, 0.4) is 0 Å². The number of likely N-dealkylation sites (tertiary alicyclic amines) is 1. The fourth-order valence-corrected chi connectivity index (χ4v) is 4.30. The summed E-state index contributed by atoms with van der Waals surface area (Å²) < 4.78 is 7.36. The predicted molar refractivity (Wildman–Crippen MR) is 105 cm³/mol. The zero-order valence-electron chi connectivity index (χ0n) is 16.5. The number of carbonyl (C=O) groups excluding carboxylic acids is 1. The number of aromatic nitrogens is 5. The predicted octanol–water partition coefficient (Wildman–Crippen LogP) is 2.84. The first kappa shape index (κ1) is 18.0. The topological polar surface area (TPSA) is 89.9 Å². The van der Waals surface area contributed by atoms with E-state index in [1.807, 2.05) is 24.1 Å². The van der Waals surface area contributed by atoms with Crippen molar-refractivity contribution >= 4 is 5.91 Å². The molecule has 0 spiro atoms. The van der Waals surface area contributed by atoms with Crippen LogP contribution in [-0.4, -0.2) is 48.6 Å². The third kappa shape index (κ3) is 3.43. The first-order valence-electron chi connectivity index (χ1n) is 10.1. The minimum atomic E-state index is -0.131. The lowest BCUT2D eigenvalue weighted by Crippen LogP contribution is -2.46. The van der Waals surface area contributed by atoms with E-state index in [1.165, 1.54) is 12.8 Å². The summed E-state index contributed by atoms with van der Waals surface area (Å²) in [5, 5.41) is 4.37. The fraction of sp³-hybridized carbons (Fsp3) is 0.476. The number of nitrogens with zero attached hydrogens (tertiary/aromatic N) is 6. The molecule has 3 aromatic heterocycles. The Morgan fingerprint density at radius 2 is 2.07 bits per heavy atom. The van der Waals surface area contributed by atoms with Crippen LogP contribution in [0.15, 0.2) is 41.6 Å². The Bertz CT molecular complexity index is 999. The molecule has 0 N–H and O–H groups in total. The number of amides is 1. The largest absolute Gasteiger partial charge is 0.337 e. The SMILES string of the molecule is Cn1cncc1C(=O)N1CCC(CC2CC2)(c2noc(-c3cccnc3)n2)CC1. The molecule has 1 amide bonds.